The van der Waals surface area contributed by atoms with Crippen LogP contribution in [0.5, 0.6) is 0 Å². The van der Waals surface area contributed by atoms with Gasteiger partial charge in [-0.3, -0.25) is 4.90 Å². The van der Waals surface area contributed by atoms with Crippen LogP contribution in [0.1, 0.15) is 27.7 Å². The Balaban J connectivity index is 2.64. The third-order valence-corrected chi connectivity index (χ3v) is 2.35. The van der Waals surface area contributed by atoms with Gasteiger partial charge in [0.05, 0.1) is 25.4 Å². The molecule has 1 rings (SSSR count). The van der Waals surface area contributed by atoms with Crippen molar-refractivity contribution in [2.24, 2.45) is 0 Å². The van der Waals surface area contributed by atoms with Crippen LogP contribution in [0.3, 0.4) is 0 Å². The zero-order chi connectivity index (χ0) is 12.3. The van der Waals surface area contributed by atoms with E-state index in [-0.39, 0.29) is 12.1 Å². The molecule has 94 valence electrons. The maximum atomic E-state index is 11.9. The Kier molecular flexibility index (Phi) is 4.15. The molecule has 1 aliphatic heterocycles. The molecule has 1 heterocycles. The van der Waals surface area contributed by atoms with Crippen molar-refractivity contribution in [1.82, 2.24) is 4.90 Å². The summed E-state index contributed by atoms with van der Waals surface area (Å²) in [4.78, 5) is 13.4. The minimum atomic E-state index is -0.618. The maximum absolute atomic E-state index is 11.9. The summed E-state index contributed by atoms with van der Waals surface area (Å²) in [5.74, 6) is 0. The van der Waals surface area contributed by atoms with Crippen LogP contribution in [-0.2, 0) is 9.47 Å². The number of hydrogen-bond acceptors (Lipinski definition) is 4. The van der Waals surface area contributed by atoms with E-state index in [1.54, 1.807) is 11.8 Å². The minimum absolute atomic E-state index is 0.316. The molecule has 1 fully saturated rings. The predicted octanol–water partition coefficient (Wildman–Crippen LogP) is 1.00. The second-order valence-electron chi connectivity index (χ2n) is 5.06. The molecule has 0 aliphatic carbocycles. The highest BCUT2D eigenvalue weighted by Gasteiger charge is 2.33. The average molecular weight is 231 g/mol. The number of morpholine rings is 1. The van der Waals surface area contributed by atoms with E-state index in [0.29, 0.717) is 19.8 Å². The van der Waals surface area contributed by atoms with Crippen molar-refractivity contribution in [2.45, 2.75) is 45.4 Å². The Morgan fingerprint density at radius 2 is 2.19 bits per heavy atom. The van der Waals surface area contributed by atoms with Gasteiger partial charge < -0.3 is 14.6 Å². The predicted molar refractivity (Wildman–Crippen MR) is 59.2 cm³/mol. The van der Waals surface area contributed by atoms with E-state index in [1.807, 2.05) is 20.8 Å². The second-order valence-corrected chi connectivity index (χ2v) is 5.06. The van der Waals surface area contributed by atoms with Gasteiger partial charge in [-0.2, -0.15) is 0 Å². The van der Waals surface area contributed by atoms with Gasteiger partial charge in [0, 0.05) is 6.54 Å². The minimum Gasteiger partial charge on any atom is -0.444 e. The highest BCUT2D eigenvalue weighted by molar-refractivity contribution is 5.68. The summed E-state index contributed by atoms with van der Waals surface area (Å²) in [6, 6.07) is -0.316. The van der Waals surface area contributed by atoms with E-state index in [0.717, 1.165) is 0 Å². The summed E-state index contributed by atoms with van der Waals surface area (Å²) < 4.78 is 10.5. The highest BCUT2D eigenvalue weighted by atomic mass is 16.6. The third kappa shape index (κ3) is 3.64. The molecule has 1 N–H and O–H groups in total. The fourth-order valence-corrected chi connectivity index (χ4v) is 1.57. The molecule has 0 aromatic rings. The molecule has 2 atom stereocenters. The van der Waals surface area contributed by atoms with Crippen molar-refractivity contribution < 1.29 is 19.4 Å². The molecule has 5 nitrogen and oxygen atoms in total. The Labute approximate surface area is 96.3 Å². The van der Waals surface area contributed by atoms with Crippen LogP contribution < -0.4 is 0 Å². The van der Waals surface area contributed by atoms with Crippen LogP contribution in [0.2, 0.25) is 0 Å². The first-order valence-electron chi connectivity index (χ1n) is 5.56. The standard InChI is InChI=1S/C11H21NO4/c1-8(13)9-7-15-6-5-12(9)10(14)16-11(2,3)4/h8-9,13H,5-7H2,1-4H3/t8-,9?/m1/s1. The lowest BCUT2D eigenvalue weighted by molar-refractivity contribution is -0.0623. The van der Waals surface area contributed by atoms with Gasteiger partial charge in [-0.25, -0.2) is 4.79 Å². The van der Waals surface area contributed by atoms with E-state index in [4.69, 9.17) is 9.47 Å². The van der Waals surface area contributed by atoms with E-state index >= 15 is 0 Å². The summed E-state index contributed by atoms with van der Waals surface area (Å²) in [7, 11) is 0. The molecule has 5 heteroatoms. The van der Waals surface area contributed by atoms with E-state index < -0.39 is 11.7 Å². The monoisotopic (exact) mass is 231 g/mol. The van der Waals surface area contributed by atoms with E-state index in [2.05, 4.69) is 0 Å². The van der Waals surface area contributed by atoms with E-state index in [9.17, 15) is 9.90 Å². The number of amides is 1. The molecule has 0 radical (unpaired) electrons. The van der Waals surface area contributed by atoms with Gasteiger partial charge >= 0.3 is 6.09 Å². The number of nitrogens with zero attached hydrogens (tertiary/aromatic N) is 1. The summed E-state index contributed by atoms with van der Waals surface area (Å²) in [5, 5.41) is 9.57. The van der Waals surface area contributed by atoms with Gasteiger partial charge in [-0.1, -0.05) is 0 Å². The molecule has 0 spiro atoms. The van der Waals surface area contributed by atoms with Crippen LogP contribution in [0.15, 0.2) is 0 Å². The largest absolute Gasteiger partial charge is 0.444 e. The maximum Gasteiger partial charge on any atom is 0.410 e. The Bertz CT molecular complexity index is 247. The summed E-state index contributed by atoms with van der Waals surface area (Å²) in [6.45, 7) is 8.43. The Morgan fingerprint density at radius 1 is 1.56 bits per heavy atom. The van der Waals surface area contributed by atoms with Gasteiger partial charge in [0.15, 0.2) is 0 Å². The summed E-state index contributed by atoms with van der Waals surface area (Å²) in [5.41, 5.74) is -0.515. The molecule has 1 aliphatic rings. The number of ether oxygens (including phenoxy) is 2. The molecular weight excluding hydrogens is 210 g/mol. The van der Waals surface area contributed by atoms with Crippen molar-refractivity contribution in [1.29, 1.82) is 0 Å². The number of aliphatic hydroxyl groups excluding tert-OH is 1. The zero-order valence-corrected chi connectivity index (χ0v) is 10.4. The molecule has 0 aromatic carbocycles. The lowest BCUT2D eigenvalue weighted by Crippen LogP contribution is -2.54. The molecular formula is C11H21NO4. The van der Waals surface area contributed by atoms with Crippen molar-refractivity contribution in [3.8, 4) is 0 Å². The van der Waals surface area contributed by atoms with Crippen molar-refractivity contribution in [2.75, 3.05) is 19.8 Å². The normalized spacial score (nSPS) is 24.1. The Morgan fingerprint density at radius 3 is 2.69 bits per heavy atom. The number of rotatable bonds is 1. The first-order valence-corrected chi connectivity index (χ1v) is 5.56. The van der Waals surface area contributed by atoms with Crippen molar-refractivity contribution >= 4 is 6.09 Å². The van der Waals surface area contributed by atoms with Crippen LogP contribution in [0, 0.1) is 0 Å². The average Bonchev–Trinajstić information content (AvgIpc) is 2.15. The fraction of sp³-hybridized carbons (Fsp3) is 0.909. The molecule has 0 aromatic heterocycles. The first kappa shape index (κ1) is 13.3. The van der Waals surface area contributed by atoms with Crippen LogP contribution in [0.25, 0.3) is 0 Å². The third-order valence-electron chi connectivity index (χ3n) is 2.35. The van der Waals surface area contributed by atoms with Crippen LogP contribution in [0.4, 0.5) is 4.79 Å². The van der Waals surface area contributed by atoms with Gasteiger partial charge in [0.25, 0.3) is 0 Å². The van der Waals surface area contributed by atoms with Gasteiger partial charge in [-0.05, 0) is 27.7 Å². The Hall–Kier alpha value is -0.810. The van der Waals surface area contributed by atoms with Crippen molar-refractivity contribution in [3.05, 3.63) is 0 Å². The van der Waals surface area contributed by atoms with E-state index in [1.165, 1.54) is 0 Å². The summed E-state index contributed by atoms with van der Waals surface area (Å²) >= 11 is 0. The quantitative estimate of drug-likeness (QED) is 0.731. The lowest BCUT2D eigenvalue weighted by Gasteiger charge is -2.37. The fourth-order valence-electron chi connectivity index (χ4n) is 1.57. The van der Waals surface area contributed by atoms with Crippen molar-refractivity contribution in [3.63, 3.8) is 0 Å². The zero-order valence-electron chi connectivity index (χ0n) is 10.4. The second kappa shape index (κ2) is 5.01. The molecule has 0 saturated carbocycles. The summed E-state index contributed by atoms with van der Waals surface area (Å²) in [6.07, 6.45) is -1.01. The molecule has 16 heavy (non-hydrogen) atoms. The smallest absolute Gasteiger partial charge is 0.410 e. The number of carbonyl (C=O) groups is 1. The number of hydrogen-bond donors (Lipinski definition) is 1. The lowest BCUT2D eigenvalue weighted by atomic mass is 10.1. The first-order chi connectivity index (χ1) is 7.31. The number of aliphatic hydroxyl groups is 1. The molecule has 1 saturated heterocycles. The SMILES string of the molecule is C[C@@H](O)C1COCCN1C(=O)OC(C)(C)C. The molecule has 1 unspecified atom stereocenters. The van der Waals surface area contributed by atoms with Gasteiger partial charge in [0.1, 0.15) is 5.60 Å². The van der Waals surface area contributed by atoms with Gasteiger partial charge in [-0.15, -0.1) is 0 Å². The number of carbonyl (C=O) groups excluding carboxylic acids is 1. The van der Waals surface area contributed by atoms with Crippen LogP contribution in [-0.4, -0.2) is 53.6 Å². The molecule has 1 amide bonds. The molecule has 0 bridgehead atoms. The van der Waals surface area contributed by atoms with Crippen LogP contribution >= 0.6 is 0 Å². The highest BCUT2D eigenvalue weighted by Crippen LogP contribution is 2.16. The van der Waals surface area contributed by atoms with Gasteiger partial charge in [0.2, 0.25) is 0 Å². The topological polar surface area (TPSA) is 59.0 Å².